The van der Waals surface area contributed by atoms with E-state index in [2.05, 4.69) is 25.9 Å². The van der Waals surface area contributed by atoms with E-state index in [0.717, 1.165) is 49.7 Å². The minimum atomic E-state index is -0.778. The van der Waals surface area contributed by atoms with Gasteiger partial charge in [-0.2, -0.15) is 0 Å². The van der Waals surface area contributed by atoms with Crippen LogP contribution in [-0.2, 0) is 17.8 Å². The predicted molar refractivity (Wildman–Crippen MR) is 86.0 cm³/mol. The van der Waals surface area contributed by atoms with Crippen molar-refractivity contribution in [2.75, 3.05) is 13.1 Å². The first kappa shape index (κ1) is 15.7. The molecule has 0 unspecified atom stereocenters. The number of hydrogen-bond acceptors (Lipinski definition) is 4. The van der Waals surface area contributed by atoms with Crippen LogP contribution in [0.25, 0.3) is 0 Å². The molecule has 0 spiro atoms. The third kappa shape index (κ3) is 4.39. The second-order valence-electron chi connectivity index (χ2n) is 6.06. The molecule has 0 bridgehead atoms. The van der Waals surface area contributed by atoms with Gasteiger partial charge in [0.2, 0.25) is 0 Å². The Balaban J connectivity index is 1.63. The molecular formula is C17H22N4O2. The summed E-state index contributed by atoms with van der Waals surface area (Å²) in [5.74, 6) is 0.622. The van der Waals surface area contributed by atoms with E-state index in [0.29, 0.717) is 12.3 Å². The largest absolute Gasteiger partial charge is 0.481 e. The number of hydrogen-bond donors (Lipinski definition) is 2. The number of piperidine rings is 1. The molecule has 6 nitrogen and oxygen atoms in total. The fourth-order valence-electron chi connectivity index (χ4n) is 3.14. The number of aromatic nitrogens is 3. The van der Waals surface area contributed by atoms with E-state index in [1.165, 1.54) is 0 Å². The Labute approximate surface area is 135 Å². The Kier molecular flexibility index (Phi) is 5.02. The standard InChI is InChI=1S/C17H22N4O2/c22-17(23)7-6-14-4-1-5-15(20-14)13-3-2-10-21(11-13)12-16-18-8-9-19-16/h1,4-5,8-9,13H,2-3,6-7,10-12H2,(H,18,19)(H,22,23)/t13-/m1/s1. The van der Waals surface area contributed by atoms with Crippen molar-refractivity contribution >= 4 is 5.97 Å². The number of carboxylic acid groups (broad SMARTS) is 1. The number of H-pyrrole nitrogens is 1. The number of aryl methyl sites for hydroxylation is 1. The first-order valence-corrected chi connectivity index (χ1v) is 8.09. The Morgan fingerprint density at radius 1 is 1.43 bits per heavy atom. The number of rotatable bonds is 6. The second-order valence-corrected chi connectivity index (χ2v) is 6.06. The molecule has 6 heteroatoms. The molecule has 1 fully saturated rings. The Morgan fingerprint density at radius 2 is 2.35 bits per heavy atom. The lowest BCUT2D eigenvalue weighted by atomic mass is 9.94. The molecule has 3 rings (SSSR count). The van der Waals surface area contributed by atoms with Crippen LogP contribution in [0.4, 0.5) is 0 Å². The molecule has 1 aliphatic heterocycles. The van der Waals surface area contributed by atoms with Crippen molar-refractivity contribution in [3.05, 3.63) is 47.8 Å². The maximum atomic E-state index is 10.7. The Morgan fingerprint density at radius 3 is 3.13 bits per heavy atom. The van der Waals surface area contributed by atoms with Gasteiger partial charge in [-0.1, -0.05) is 6.07 Å². The zero-order valence-corrected chi connectivity index (χ0v) is 13.1. The van der Waals surface area contributed by atoms with Gasteiger partial charge in [0.05, 0.1) is 13.0 Å². The fraction of sp³-hybridized carbons (Fsp3) is 0.471. The molecule has 0 saturated carbocycles. The first-order chi connectivity index (χ1) is 11.2. The molecule has 2 aromatic rings. The van der Waals surface area contributed by atoms with Gasteiger partial charge < -0.3 is 10.1 Å². The van der Waals surface area contributed by atoms with Crippen molar-refractivity contribution in [3.8, 4) is 0 Å². The van der Waals surface area contributed by atoms with Crippen molar-refractivity contribution in [1.29, 1.82) is 0 Å². The zero-order valence-electron chi connectivity index (χ0n) is 13.1. The predicted octanol–water partition coefficient (Wildman–Crippen LogP) is 2.20. The number of likely N-dealkylation sites (tertiary alicyclic amines) is 1. The van der Waals surface area contributed by atoms with Gasteiger partial charge in [-0.25, -0.2) is 4.98 Å². The highest BCUT2D eigenvalue weighted by Gasteiger charge is 2.23. The normalized spacial score (nSPS) is 18.9. The number of nitrogens with zero attached hydrogens (tertiary/aromatic N) is 3. The monoisotopic (exact) mass is 314 g/mol. The molecule has 1 atom stereocenters. The van der Waals surface area contributed by atoms with Gasteiger partial charge in [0.1, 0.15) is 5.82 Å². The van der Waals surface area contributed by atoms with E-state index in [1.807, 2.05) is 18.3 Å². The molecule has 0 aromatic carbocycles. The lowest BCUT2D eigenvalue weighted by Crippen LogP contribution is -2.34. The molecular weight excluding hydrogens is 292 g/mol. The lowest BCUT2D eigenvalue weighted by molar-refractivity contribution is -0.136. The maximum Gasteiger partial charge on any atom is 0.303 e. The Hall–Kier alpha value is -2.21. The number of carboxylic acids is 1. The van der Waals surface area contributed by atoms with Crippen LogP contribution in [0.3, 0.4) is 0 Å². The summed E-state index contributed by atoms with van der Waals surface area (Å²) in [4.78, 5) is 25.2. The van der Waals surface area contributed by atoms with Crippen molar-refractivity contribution in [2.45, 2.75) is 38.1 Å². The third-order valence-corrected chi connectivity index (χ3v) is 4.28. The van der Waals surface area contributed by atoms with Crippen LogP contribution in [0.2, 0.25) is 0 Å². The van der Waals surface area contributed by atoms with Gasteiger partial charge in [0.15, 0.2) is 0 Å². The quantitative estimate of drug-likeness (QED) is 0.854. The first-order valence-electron chi connectivity index (χ1n) is 8.09. The van der Waals surface area contributed by atoms with Gasteiger partial charge in [-0.15, -0.1) is 0 Å². The molecule has 0 radical (unpaired) electrons. The van der Waals surface area contributed by atoms with Gasteiger partial charge in [0.25, 0.3) is 0 Å². The van der Waals surface area contributed by atoms with E-state index in [9.17, 15) is 4.79 Å². The molecule has 1 aliphatic rings. The summed E-state index contributed by atoms with van der Waals surface area (Å²) in [6.45, 7) is 2.88. The Bertz CT molecular complexity index is 642. The summed E-state index contributed by atoms with van der Waals surface area (Å²) in [5.41, 5.74) is 1.95. The molecule has 122 valence electrons. The topological polar surface area (TPSA) is 82.1 Å². The number of imidazole rings is 1. The average molecular weight is 314 g/mol. The van der Waals surface area contributed by atoms with E-state index in [1.54, 1.807) is 6.20 Å². The molecule has 2 aromatic heterocycles. The van der Waals surface area contributed by atoms with Crippen LogP contribution in [-0.4, -0.2) is 44.0 Å². The molecule has 0 aliphatic carbocycles. The number of pyridine rings is 1. The fourth-order valence-corrected chi connectivity index (χ4v) is 3.14. The molecule has 0 amide bonds. The molecule has 2 N–H and O–H groups in total. The molecule has 3 heterocycles. The highest BCUT2D eigenvalue weighted by molar-refractivity contribution is 5.66. The number of aromatic amines is 1. The van der Waals surface area contributed by atoms with Crippen LogP contribution < -0.4 is 0 Å². The summed E-state index contributed by atoms with van der Waals surface area (Å²) in [6.07, 6.45) is 6.53. The smallest absolute Gasteiger partial charge is 0.303 e. The summed E-state index contributed by atoms with van der Waals surface area (Å²) < 4.78 is 0. The van der Waals surface area contributed by atoms with Gasteiger partial charge in [0, 0.05) is 42.7 Å². The number of nitrogens with one attached hydrogen (secondary N) is 1. The number of carbonyl (C=O) groups is 1. The van der Waals surface area contributed by atoms with Crippen LogP contribution in [0.1, 0.15) is 42.4 Å². The van der Waals surface area contributed by atoms with E-state index >= 15 is 0 Å². The van der Waals surface area contributed by atoms with E-state index in [4.69, 9.17) is 5.11 Å². The van der Waals surface area contributed by atoms with E-state index in [-0.39, 0.29) is 6.42 Å². The van der Waals surface area contributed by atoms with Crippen molar-refractivity contribution in [2.24, 2.45) is 0 Å². The lowest BCUT2D eigenvalue weighted by Gasteiger charge is -2.32. The summed E-state index contributed by atoms with van der Waals surface area (Å²) >= 11 is 0. The minimum absolute atomic E-state index is 0.131. The van der Waals surface area contributed by atoms with Gasteiger partial charge in [-0.05, 0) is 31.5 Å². The van der Waals surface area contributed by atoms with Crippen molar-refractivity contribution in [3.63, 3.8) is 0 Å². The highest BCUT2D eigenvalue weighted by Crippen LogP contribution is 2.26. The summed E-state index contributed by atoms with van der Waals surface area (Å²) in [6, 6.07) is 5.96. The van der Waals surface area contributed by atoms with E-state index < -0.39 is 5.97 Å². The maximum absolute atomic E-state index is 10.7. The van der Waals surface area contributed by atoms with Gasteiger partial charge >= 0.3 is 5.97 Å². The van der Waals surface area contributed by atoms with Crippen LogP contribution in [0.5, 0.6) is 0 Å². The highest BCUT2D eigenvalue weighted by atomic mass is 16.4. The van der Waals surface area contributed by atoms with Gasteiger partial charge in [-0.3, -0.25) is 14.7 Å². The van der Waals surface area contributed by atoms with Crippen LogP contribution in [0, 0.1) is 0 Å². The summed E-state index contributed by atoms with van der Waals surface area (Å²) in [5, 5.41) is 8.81. The number of aliphatic carboxylic acids is 1. The zero-order chi connectivity index (χ0) is 16.1. The minimum Gasteiger partial charge on any atom is -0.481 e. The SMILES string of the molecule is O=C(O)CCc1cccc([C@@H]2CCCN(Cc3ncc[nH]3)C2)n1. The third-order valence-electron chi connectivity index (χ3n) is 4.28. The van der Waals surface area contributed by atoms with Crippen molar-refractivity contribution < 1.29 is 9.90 Å². The van der Waals surface area contributed by atoms with Crippen LogP contribution in [0.15, 0.2) is 30.6 Å². The summed E-state index contributed by atoms with van der Waals surface area (Å²) in [7, 11) is 0. The second kappa shape index (κ2) is 7.37. The van der Waals surface area contributed by atoms with Crippen LogP contribution >= 0.6 is 0 Å². The molecule has 23 heavy (non-hydrogen) atoms. The average Bonchev–Trinajstić information content (AvgIpc) is 3.06. The molecule has 1 saturated heterocycles. The van der Waals surface area contributed by atoms with Crippen molar-refractivity contribution in [1.82, 2.24) is 19.9 Å².